The number of hydrogen-bond donors (Lipinski definition) is 2. The van der Waals surface area contributed by atoms with E-state index in [4.69, 9.17) is 22.2 Å². The Labute approximate surface area is 69.3 Å². The molecule has 5 heteroatoms. The number of nitrogen functional groups attached to an aromatic ring is 1. The van der Waals surface area contributed by atoms with E-state index in [1.54, 1.807) is 19.2 Å². The molecular formula is C6H9ClN3O+. The van der Waals surface area contributed by atoms with E-state index in [1.165, 1.54) is 5.48 Å². The molecule has 0 fully saturated rings. The Morgan fingerprint density at radius 3 is 2.91 bits per heavy atom. The van der Waals surface area contributed by atoms with Crippen LogP contribution in [0.2, 0.25) is 5.15 Å². The molecule has 0 atom stereocenters. The summed E-state index contributed by atoms with van der Waals surface area (Å²) in [7, 11) is 1.55. The summed E-state index contributed by atoms with van der Waals surface area (Å²) in [6, 6.07) is 3.40. The van der Waals surface area contributed by atoms with Crippen molar-refractivity contribution in [3.05, 3.63) is 17.3 Å². The second-order valence-electron chi connectivity index (χ2n) is 1.96. The number of nitrogens with two attached hydrogens (primary N) is 2. The van der Waals surface area contributed by atoms with Crippen molar-refractivity contribution in [1.29, 1.82) is 0 Å². The number of pyridine rings is 1. The molecule has 4 N–H and O–H groups in total. The summed E-state index contributed by atoms with van der Waals surface area (Å²) >= 11 is 5.57. The summed E-state index contributed by atoms with van der Waals surface area (Å²) < 4.78 is 0. The summed E-state index contributed by atoms with van der Waals surface area (Å²) in [4.78, 5) is 8.58. The van der Waals surface area contributed by atoms with E-state index in [1.807, 2.05) is 0 Å². The van der Waals surface area contributed by atoms with Crippen molar-refractivity contribution in [2.45, 2.75) is 0 Å². The third-order valence-electron chi connectivity index (χ3n) is 1.17. The van der Waals surface area contributed by atoms with Gasteiger partial charge in [0.05, 0.1) is 7.11 Å². The Balaban J connectivity index is 2.90. The molecule has 0 saturated heterocycles. The molecule has 0 saturated carbocycles. The lowest BCUT2D eigenvalue weighted by molar-refractivity contribution is -0.829. The van der Waals surface area contributed by atoms with Gasteiger partial charge in [-0.1, -0.05) is 11.6 Å². The van der Waals surface area contributed by atoms with Gasteiger partial charge in [0.1, 0.15) is 5.15 Å². The topological polar surface area (TPSA) is 64.8 Å². The zero-order valence-electron chi connectivity index (χ0n) is 6.04. The van der Waals surface area contributed by atoms with Gasteiger partial charge in [-0.3, -0.25) is 0 Å². The smallest absolute Gasteiger partial charge is 0.204 e. The zero-order chi connectivity index (χ0) is 8.27. The van der Waals surface area contributed by atoms with E-state index in [9.17, 15) is 0 Å². The zero-order valence-corrected chi connectivity index (χ0v) is 6.80. The number of anilines is 1. The first-order valence-electron chi connectivity index (χ1n) is 3.02. The summed E-state index contributed by atoms with van der Waals surface area (Å²) in [5.74, 6) is 0.374. The molecule has 0 bridgehead atoms. The van der Waals surface area contributed by atoms with Crippen LogP contribution in [0.3, 0.4) is 0 Å². The van der Waals surface area contributed by atoms with Crippen LogP contribution in [0.5, 0.6) is 0 Å². The fourth-order valence-electron chi connectivity index (χ4n) is 0.687. The molecular weight excluding hydrogens is 166 g/mol. The molecule has 0 aliphatic heterocycles. The van der Waals surface area contributed by atoms with E-state index < -0.39 is 0 Å². The van der Waals surface area contributed by atoms with Crippen LogP contribution in [0.15, 0.2) is 12.1 Å². The van der Waals surface area contributed by atoms with Crippen LogP contribution in [-0.4, -0.2) is 12.1 Å². The van der Waals surface area contributed by atoms with Crippen LogP contribution in [0, 0.1) is 0 Å². The van der Waals surface area contributed by atoms with Crippen LogP contribution < -0.4 is 11.2 Å². The first kappa shape index (κ1) is 8.26. The highest BCUT2D eigenvalue weighted by atomic mass is 35.5. The van der Waals surface area contributed by atoms with Crippen molar-refractivity contribution < 1.29 is 10.3 Å². The molecule has 0 aromatic carbocycles. The maximum absolute atomic E-state index is 5.57. The van der Waals surface area contributed by atoms with Gasteiger partial charge in [-0.2, -0.15) is 5.48 Å². The molecule has 0 aliphatic rings. The quantitative estimate of drug-likeness (QED) is 0.493. The predicted molar refractivity (Wildman–Crippen MR) is 42.3 cm³/mol. The third kappa shape index (κ3) is 2.04. The maximum Gasteiger partial charge on any atom is 0.204 e. The molecule has 0 spiro atoms. The van der Waals surface area contributed by atoms with Crippen molar-refractivity contribution in [3.8, 4) is 0 Å². The van der Waals surface area contributed by atoms with Crippen LogP contribution in [0.1, 0.15) is 0 Å². The summed E-state index contributed by atoms with van der Waals surface area (Å²) in [6.45, 7) is 0. The average molecular weight is 175 g/mol. The van der Waals surface area contributed by atoms with Gasteiger partial charge < -0.3 is 5.73 Å². The monoisotopic (exact) mass is 174 g/mol. The van der Waals surface area contributed by atoms with Gasteiger partial charge in [0.25, 0.3) is 0 Å². The minimum Gasteiger partial charge on any atom is -0.379 e. The van der Waals surface area contributed by atoms with E-state index in [2.05, 4.69) is 4.98 Å². The summed E-state index contributed by atoms with van der Waals surface area (Å²) in [6.07, 6.45) is 0. The molecule has 11 heavy (non-hydrogen) atoms. The summed E-state index contributed by atoms with van der Waals surface area (Å²) in [5, 5.41) is 0.385. The van der Waals surface area contributed by atoms with E-state index in [-0.39, 0.29) is 0 Å². The van der Waals surface area contributed by atoms with Gasteiger partial charge in [0, 0.05) is 6.07 Å². The highest BCUT2D eigenvalue weighted by Gasteiger charge is 2.03. The largest absolute Gasteiger partial charge is 0.379 e. The number of aromatic nitrogens is 1. The molecule has 60 valence electrons. The Bertz CT molecular complexity index is 254. The standard InChI is InChI=1S/C6H8ClN3O/c1-11-10-4-2-3-5(7)9-6(4)8/h2-3,10H,1H3,(H2,8,9)/p+1. The molecule has 1 aromatic rings. The van der Waals surface area contributed by atoms with Crippen molar-refractivity contribution in [2.24, 2.45) is 0 Å². The Morgan fingerprint density at radius 2 is 2.36 bits per heavy atom. The van der Waals surface area contributed by atoms with E-state index >= 15 is 0 Å². The van der Waals surface area contributed by atoms with Crippen molar-refractivity contribution in [2.75, 3.05) is 12.8 Å². The summed E-state index contributed by atoms with van der Waals surface area (Å²) in [5.41, 5.74) is 7.75. The SMILES string of the molecule is CO[NH2+]c1ccc(Cl)nc1N. The second kappa shape index (κ2) is 3.52. The van der Waals surface area contributed by atoms with Crippen molar-refractivity contribution >= 4 is 23.1 Å². The molecule has 0 unspecified atom stereocenters. The van der Waals surface area contributed by atoms with E-state index in [0.29, 0.717) is 11.0 Å². The molecule has 1 rings (SSSR count). The predicted octanol–water partition coefficient (Wildman–Crippen LogP) is 0.0735. The molecule has 4 nitrogen and oxygen atoms in total. The molecule has 1 heterocycles. The third-order valence-corrected chi connectivity index (χ3v) is 1.38. The number of hydrogen-bond acceptors (Lipinski definition) is 3. The lowest BCUT2D eigenvalue weighted by atomic mass is 10.4. The molecule has 1 aromatic heterocycles. The Morgan fingerprint density at radius 1 is 1.64 bits per heavy atom. The minimum absolute atomic E-state index is 0.374. The number of quaternary nitrogens is 1. The highest BCUT2D eigenvalue weighted by Crippen LogP contribution is 2.13. The molecule has 0 amide bonds. The molecule has 0 aliphatic carbocycles. The van der Waals surface area contributed by atoms with Crippen molar-refractivity contribution in [1.82, 2.24) is 4.98 Å². The van der Waals surface area contributed by atoms with E-state index in [0.717, 1.165) is 5.69 Å². The van der Waals surface area contributed by atoms with Crippen LogP contribution >= 0.6 is 11.6 Å². The lowest BCUT2D eigenvalue weighted by Gasteiger charge is -1.98. The van der Waals surface area contributed by atoms with Gasteiger partial charge in [-0.15, -0.1) is 0 Å². The highest BCUT2D eigenvalue weighted by molar-refractivity contribution is 6.29. The van der Waals surface area contributed by atoms with Crippen LogP contribution in [0.4, 0.5) is 11.5 Å². The first-order chi connectivity index (χ1) is 5.24. The van der Waals surface area contributed by atoms with Gasteiger partial charge in [0.15, 0.2) is 5.82 Å². The number of rotatable bonds is 2. The number of nitrogens with zero attached hydrogens (tertiary/aromatic N) is 1. The first-order valence-corrected chi connectivity index (χ1v) is 3.40. The Hall–Kier alpha value is -0.840. The van der Waals surface area contributed by atoms with Gasteiger partial charge in [-0.05, 0) is 6.07 Å². The average Bonchev–Trinajstić information content (AvgIpc) is 1.95. The van der Waals surface area contributed by atoms with Gasteiger partial charge in [-0.25, -0.2) is 9.82 Å². The normalized spacial score (nSPS) is 10.0. The van der Waals surface area contributed by atoms with Crippen LogP contribution in [-0.2, 0) is 4.84 Å². The van der Waals surface area contributed by atoms with Gasteiger partial charge >= 0.3 is 0 Å². The number of halogens is 1. The Kier molecular flexibility index (Phi) is 2.64. The van der Waals surface area contributed by atoms with Crippen LogP contribution in [0.25, 0.3) is 0 Å². The fourth-order valence-corrected chi connectivity index (χ4v) is 0.841. The fraction of sp³-hybridized carbons (Fsp3) is 0.167. The van der Waals surface area contributed by atoms with Gasteiger partial charge in [0.2, 0.25) is 5.69 Å². The molecule has 0 radical (unpaired) electrons. The second-order valence-corrected chi connectivity index (χ2v) is 2.35. The maximum atomic E-state index is 5.57. The minimum atomic E-state index is 0.374. The van der Waals surface area contributed by atoms with Crippen molar-refractivity contribution in [3.63, 3.8) is 0 Å². The lowest BCUT2D eigenvalue weighted by Crippen LogP contribution is -2.76.